The average molecular weight is 452 g/mol. The molecule has 1 atom stereocenters. The molecule has 2 saturated heterocycles. The first-order valence-electron chi connectivity index (χ1n) is 10.4. The Kier molecular flexibility index (Phi) is 6.03. The van der Waals surface area contributed by atoms with Gasteiger partial charge in [-0.15, -0.1) is 13.2 Å². The number of carbonyl (C=O) groups excluding carboxylic acids is 1. The van der Waals surface area contributed by atoms with E-state index in [1.165, 1.54) is 36.4 Å². The number of benzene rings is 2. The molecule has 2 aromatic rings. The third kappa shape index (κ3) is 4.98. The van der Waals surface area contributed by atoms with Gasteiger partial charge in [0, 0.05) is 32.5 Å². The zero-order valence-corrected chi connectivity index (χ0v) is 17.6. The Morgan fingerprint density at radius 2 is 1.62 bits per heavy atom. The Hall–Kier alpha value is -2.81. The van der Waals surface area contributed by atoms with Gasteiger partial charge in [0.25, 0.3) is 0 Å². The maximum Gasteiger partial charge on any atom is 0.573 e. The largest absolute Gasteiger partial charge is 0.573 e. The predicted octanol–water partition coefficient (Wildman–Crippen LogP) is 4.75. The molecule has 2 aromatic carbocycles. The highest BCUT2D eigenvalue weighted by molar-refractivity contribution is 5.72. The molecule has 32 heavy (non-hydrogen) atoms. The first-order chi connectivity index (χ1) is 15.1. The van der Waals surface area contributed by atoms with Crippen LogP contribution in [0.4, 0.5) is 22.4 Å². The van der Waals surface area contributed by atoms with E-state index >= 15 is 0 Å². The van der Waals surface area contributed by atoms with E-state index in [0.29, 0.717) is 24.8 Å². The number of piperidine rings is 1. The van der Waals surface area contributed by atoms with E-state index in [1.807, 2.05) is 7.05 Å². The van der Waals surface area contributed by atoms with Gasteiger partial charge in [0.1, 0.15) is 17.2 Å². The fourth-order valence-electron chi connectivity index (χ4n) is 4.45. The number of hydrogen-bond donors (Lipinski definition) is 0. The van der Waals surface area contributed by atoms with Gasteiger partial charge in [-0.05, 0) is 48.9 Å². The van der Waals surface area contributed by atoms with E-state index in [9.17, 15) is 22.4 Å². The second kappa shape index (κ2) is 8.61. The zero-order valence-electron chi connectivity index (χ0n) is 17.6. The van der Waals surface area contributed by atoms with Crippen molar-refractivity contribution in [3.05, 3.63) is 65.5 Å². The SMILES string of the molecule is CN1CCC2(CC1)OC(=O)N(Cc1ccc(OC(F)(F)F)cc1)C2Cc1ccc(F)cc1. The fraction of sp³-hybridized carbons (Fsp3) is 0.435. The van der Waals surface area contributed by atoms with Crippen LogP contribution < -0.4 is 4.74 Å². The second-order valence-electron chi connectivity index (χ2n) is 8.40. The van der Waals surface area contributed by atoms with Crippen molar-refractivity contribution in [3.8, 4) is 5.75 Å². The summed E-state index contributed by atoms with van der Waals surface area (Å²) >= 11 is 0. The van der Waals surface area contributed by atoms with E-state index in [2.05, 4.69) is 9.64 Å². The molecule has 1 spiro atoms. The minimum Gasteiger partial charge on any atom is -0.440 e. The molecule has 172 valence electrons. The van der Waals surface area contributed by atoms with Gasteiger partial charge in [-0.3, -0.25) is 4.90 Å². The van der Waals surface area contributed by atoms with Gasteiger partial charge >= 0.3 is 12.5 Å². The molecule has 2 heterocycles. The summed E-state index contributed by atoms with van der Waals surface area (Å²) in [6.07, 6.45) is -3.37. The lowest BCUT2D eigenvalue weighted by Crippen LogP contribution is -2.52. The van der Waals surface area contributed by atoms with Gasteiger partial charge in [0.05, 0.1) is 6.04 Å². The number of ether oxygens (including phenoxy) is 2. The highest BCUT2D eigenvalue weighted by Crippen LogP contribution is 2.41. The monoisotopic (exact) mass is 452 g/mol. The van der Waals surface area contributed by atoms with E-state index in [-0.39, 0.29) is 24.2 Å². The molecule has 2 aliphatic rings. The van der Waals surface area contributed by atoms with Crippen LogP contribution in [-0.4, -0.2) is 54.0 Å². The lowest BCUT2D eigenvalue weighted by Gasteiger charge is -2.40. The summed E-state index contributed by atoms with van der Waals surface area (Å²) in [6, 6.07) is 11.3. The van der Waals surface area contributed by atoms with Gasteiger partial charge in [0.15, 0.2) is 0 Å². The van der Waals surface area contributed by atoms with Crippen molar-refractivity contribution in [1.29, 1.82) is 0 Å². The van der Waals surface area contributed by atoms with Crippen LogP contribution in [0.1, 0.15) is 24.0 Å². The van der Waals surface area contributed by atoms with Crippen molar-refractivity contribution in [1.82, 2.24) is 9.80 Å². The molecular weight excluding hydrogens is 428 g/mol. The summed E-state index contributed by atoms with van der Waals surface area (Å²) in [5.41, 5.74) is 0.884. The molecule has 5 nitrogen and oxygen atoms in total. The zero-order chi connectivity index (χ0) is 22.9. The summed E-state index contributed by atoms with van der Waals surface area (Å²) in [6.45, 7) is 1.75. The smallest absolute Gasteiger partial charge is 0.440 e. The number of rotatable bonds is 5. The Bertz CT molecular complexity index is 939. The molecule has 0 aliphatic carbocycles. The molecule has 1 amide bonds. The van der Waals surface area contributed by atoms with Crippen LogP contribution in [0.5, 0.6) is 5.75 Å². The molecule has 0 bridgehead atoms. The van der Waals surface area contributed by atoms with Gasteiger partial charge in [0.2, 0.25) is 0 Å². The maximum absolute atomic E-state index is 13.4. The van der Waals surface area contributed by atoms with Crippen LogP contribution in [0.25, 0.3) is 0 Å². The van der Waals surface area contributed by atoms with E-state index in [4.69, 9.17) is 4.74 Å². The Morgan fingerprint density at radius 3 is 2.22 bits per heavy atom. The summed E-state index contributed by atoms with van der Waals surface area (Å²) in [5, 5.41) is 0. The Balaban J connectivity index is 1.57. The lowest BCUT2D eigenvalue weighted by atomic mass is 9.81. The number of carbonyl (C=O) groups is 1. The maximum atomic E-state index is 13.4. The molecule has 0 N–H and O–H groups in total. The van der Waals surface area contributed by atoms with Crippen molar-refractivity contribution in [3.63, 3.8) is 0 Å². The van der Waals surface area contributed by atoms with Crippen molar-refractivity contribution >= 4 is 6.09 Å². The van der Waals surface area contributed by atoms with Gasteiger partial charge in [-0.1, -0.05) is 24.3 Å². The first-order valence-corrected chi connectivity index (χ1v) is 10.4. The topological polar surface area (TPSA) is 42.0 Å². The van der Waals surface area contributed by atoms with Crippen LogP contribution in [0.2, 0.25) is 0 Å². The van der Waals surface area contributed by atoms with Crippen LogP contribution in [-0.2, 0) is 17.7 Å². The van der Waals surface area contributed by atoms with Crippen LogP contribution >= 0.6 is 0 Å². The molecule has 2 aliphatic heterocycles. The van der Waals surface area contributed by atoms with E-state index < -0.39 is 18.1 Å². The summed E-state index contributed by atoms with van der Waals surface area (Å²) < 4.78 is 60.5. The van der Waals surface area contributed by atoms with E-state index in [1.54, 1.807) is 17.0 Å². The lowest BCUT2D eigenvalue weighted by molar-refractivity contribution is -0.274. The molecule has 9 heteroatoms. The molecule has 0 saturated carbocycles. The van der Waals surface area contributed by atoms with Crippen molar-refractivity contribution in [2.45, 2.75) is 43.8 Å². The number of likely N-dealkylation sites (tertiary alicyclic amines) is 1. The van der Waals surface area contributed by atoms with Crippen LogP contribution in [0, 0.1) is 5.82 Å². The number of halogens is 4. The van der Waals surface area contributed by atoms with Gasteiger partial charge < -0.3 is 14.4 Å². The van der Waals surface area contributed by atoms with Crippen LogP contribution in [0.3, 0.4) is 0 Å². The minimum absolute atomic E-state index is 0.189. The van der Waals surface area contributed by atoms with E-state index in [0.717, 1.165) is 18.7 Å². The molecule has 0 aromatic heterocycles. The average Bonchev–Trinajstić information content (AvgIpc) is 2.97. The quantitative estimate of drug-likeness (QED) is 0.614. The summed E-state index contributed by atoms with van der Waals surface area (Å²) in [5.74, 6) is -0.653. The highest BCUT2D eigenvalue weighted by Gasteiger charge is 2.54. The van der Waals surface area contributed by atoms with Crippen molar-refractivity contribution < 1.29 is 31.8 Å². The number of alkyl halides is 3. The van der Waals surface area contributed by atoms with Crippen LogP contribution in [0.15, 0.2) is 48.5 Å². The van der Waals surface area contributed by atoms with Gasteiger partial charge in [-0.2, -0.15) is 0 Å². The number of nitrogens with zero attached hydrogens (tertiary/aromatic N) is 2. The molecular formula is C23H24F4N2O3. The van der Waals surface area contributed by atoms with Crippen molar-refractivity contribution in [2.75, 3.05) is 20.1 Å². The first kappa shape index (κ1) is 22.4. The van der Waals surface area contributed by atoms with Gasteiger partial charge in [-0.25, -0.2) is 9.18 Å². The third-order valence-corrected chi connectivity index (χ3v) is 6.19. The normalized spacial score (nSPS) is 21.1. The standard InChI is InChI=1S/C23H24F4N2O3/c1-28-12-10-22(11-13-28)20(14-16-2-6-18(24)7-3-16)29(21(30)32-22)15-17-4-8-19(9-5-17)31-23(25,26)27/h2-9,20H,10-15H2,1H3. The summed E-state index contributed by atoms with van der Waals surface area (Å²) in [7, 11) is 2.01. The Labute approximate surface area is 183 Å². The Morgan fingerprint density at radius 1 is 1.03 bits per heavy atom. The summed E-state index contributed by atoms with van der Waals surface area (Å²) in [4.78, 5) is 16.7. The second-order valence-corrected chi connectivity index (χ2v) is 8.40. The van der Waals surface area contributed by atoms with Crippen molar-refractivity contribution in [2.24, 2.45) is 0 Å². The number of hydrogen-bond acceptors (Lipinski definition) is 4. The minimum atomic E-state index is -4.76. The third-order valence-electron chi connectivity index (χ3n) is 6.19. The molecule has 1 unspecified atom stereocenters. The fourth-order valence-corrected chi connectivity index (χ4v) is 4.45. The highest BCUT2D eigenvalue weighted by atomic mass is 19.4. The molecule has 4 rings (SSSR count). The molecule has 0 radical (unpaired) electrons. The predicted molar refractivity (Wildman–Crippen MR) is 109 cm³/mol. The number of amides is 1. The molecule has 2 fully saturated rings.